The molecule has 4 aromatic rings. The number of rotatable bonds is 5. The summed E-state index contributed by atoms with van der Waals surface area (Å²) in [7, 11) is 0. The van der Waals surface area contributed by atoms with E-state index in [1.807, 2.05) is 54.6 Å². The number of likely N-dealkylation sites (tertiary alicyclic amines) is 1. The fourth-order valence-electron chi connectivity index (χ4n) is 4.63. The summed E-state index contributed by atoms with van der Waals surface area (Å²) in [5.74, 6) is 1.02. The predicted octanol–water partition coefficient (Wildman–Crippen LogP) is 5.56. The molecule has 1 aliphatic rings. The second-order valence-corrected chi connectivity index (χ2v) is 8.46. The zero-order chi connectivity index (χ0) is 21.8. The minimum absolute atomic E-state index is 0.119. The van der Waals surface area contributed by atoms with E-state index in [4.69, 9.17) is 4.98 Å². The predicted molar refractivity (Wildman–Crippen MR) is 130 cm³/mol. The Balaban J connectivity index is 1.36. The van der Waals surface area contributed by atoms with E-state index in [1.165, 1.54) is 5.56 Å². The van der Waals surface area contributed by atoms with Gasteiger partial charge in [0.1, 0.15) is 5.82 Å². The van der Waals surface area contributed by atoms with Crippen LogP contribution >= 0.6 is 0 Å². The lowest BCUT2D eigenvalue weighted by molar-refractivity contribution is 0.0602. The number of carbonyl (C=O) groups excluding carboxylic acids is 1. The second kappa shape index (κ2) is 9.23. The number of pyridine rings is 1. The van der Waals surface area contributed by atoms with Gasteiger partial charge in [-0.05, 0) is 55.2 Å². The Hall–Kier alpha value is -3.66. The molecule has 3 aromatic carbocycles. The van der Waals surface area contributed by atoms with Gasteiger partial charge < -0.3 is 10.2 Å². The van der Waals surface area contributed by atoms with Crippen molar-refractivity contribution < 1.29 is 4.79 Å². The van der Waals surface area contributed by atoms with E-state index in [1.54, 1.807) is 0 Å². The molecular weight excluding hydrogens is 394 g/mol. The molecule has 2 heterocycles. The number of benzene rings is 3. The number of hydrogen-bond acceptors (Lipinski definition) is 3. The minimum Gasteiger partial charge on any atom is -0.367 e. The summed E-state index contributed by atoms with van der Waals surface area (Å²) in [6, 6.07) is 32.8. The van der Waals surface area contributed by atoms with Crippen molar-refractivity contribution in [1.82, 2.24) is 9.88 Å². The largest absolute Gasteiger partial charge is 0.367 e. The lowest BCUT2D eigenvalue weighted by Gasteiger charge is -2.40. The number of piperidine rings is 1. The first-order valence-electron chi connectivity index (χ1n) is 11.3. The highest BCUT2D eigenvalue weighted by Gasteiger charge is 2.32. The molecular formula is C28H27N3O. The molecule has 1 amide bonds. The summed E-state index contributed by atoms with van der Waals surface area (Å²) in [6.45, 7) is 0.733. The third kappa shape index (κ3) is 4.50. The van der Waals surface area contributed by atoms with Crippen molar-refractivity contribution in [2.75, 3.05) is 11.9 Å². The molecule has 0 radical (unpaired) electrons. The van der Waals surface area contributed by atoms with Crippen LogP contribution < -0.4 is 5.32 Å². The van der Waals surface area contributed by atoms with E-state index >= 15 is 0 Å². The molecule has 32 heavy (non-hydrogen) atoms. The lowest BCUT2D eigenvalue weighted by Crippen LogP contribution is -2.50. The van der Waals surface area contributed by atoms with Crippen molar-refractivity contribution in [3.8, 4) is 0 Å². The Morgan fingerprint density at radius 3 is 2.41 bits per heavy atom. The SMILES string of the molecule is O=C(c1ccccc1)N1CCC(Nc2ccc3ccccc3n2)CC1Cc1ccccc1. The first-order chi connectivity index (χ1) is 15.8. The zero-order valence-electron chi connectivity index (χ0n) is 18.0. The number of para-hydroxylation sites is 1. The average molecular weight is 422 g/mol. The van der Waals surface area contributed by atoms with Crippen LogP contribution in [0.2, 0.25) is 0 Å². The van der Waals surface area contributed by atoms with Crippen LogP contribution in [-0.4, -0.2) is 34.4 Å². The zero-order valence-corrected chi connectivity index (χ0v) is 18.0. The van der Waals surface area contributed by atoms with Crippen molar-refractivity contribution in [3.05, 3.63) is 108 Å². The number of aromatic nitrogens is 1. The van der Waals surface area contributed by atoms with Crippen LogP contribution in [0.25, 0.3) is 10.9 Å². The van der Waals surface area contributed by atoms with Crippen LogP contribution in [0.15, 0.2) is 97.1 Å². The fourth-order valence-corrected chi connectivity index (χ4v) is 4.63. The van der Waals surface area contributed by atoms with Gasteiger partial charge in [-0.1, -0.05) is 66.7 Å². The highest BCUT2D eigenvalue weighted by molar-refractivity contribution is 5.94. The highest BCUT2D eigenvalue weighted by atomic mass is 16.2. The average Bonchev–Trinajstić information content (AvgIpc) is 2.85. The Morgan fingerprint density at radius 2 is 1.59 bits per heavy atom. The maximum Gasteiger partial charge on any atom is 0.254 e. The molecule has 1 aliphatic heterocycles. The van der Waals surface area contributed by atoms with Crippen LogP contribution in [0.1, 0.15) is 28.8 Å². The molecule has 0 aliphatic carbocycles. The summed E-state index contributed by atoms with van der Waals surface area (Å²) in [5, 5.41) is 4.78. The van der Waals surface area contributed by atoms with E-state index in [9.17, 15) is 4.79 Å². The van der Waals surface area contributed by atoms with Gasteiger partial charge in [0, 0.05) is 29.6 Å². The Kier molecular flexibility index (Phi) is 5.84. The number of hydrogen-bond donors (Lipinski definition) is 1. The van der Waals surface area contributed by atoms with E-state index in [0.29, 0.717) is 0 Å². The molecule has 5 rings (SSSR count). The van der Waals surface area contributed by atoms with Crippen molar-refractivity contribution in [2.24, 2.45) is 0 Å². The van der Waals surface area contributed by atoms with Gasteiger partial charge in [0.25, 0.3) is 5.91 Å². The van der Waals surface area contributed by atoms with Gasteiger partial charge in [-0.3, -0.25) is 4.79 Å². The van der Waals surface area contributed by atoms with Crippen LogP contribution in [0.4, 0.5) is 5.82 Å². The van der Waals surface area contributed by atoms with Gasteiger partial charge >= 0.3 is 0 Å². The standard InChI is InChI=1S/C28H27N3O/c32-28(23-12-5-2-6-13-23)31-18-17-24(20-25(31)19-21-9-3-1-4-10-21)29-27-16-15-22-11-7-8-14-26(22)30-27/h1-16,24-25H,17-20H2,(H,29,30). The molecule has 0 bridgehead atoms. The minimum atomic E-state index is 0.119. The molecule has 0 spiro atoms. The normalized spacial score (nSPS) is 18.4. The third-order valence-electron chi connectivity index (χ3n) is 6.26. The Morgan fingerprint density at radius 1 is 0.875 bits per heavy atom. The number of amides is 1. The van der Waals surface area contributed by atoms with Crippen molar-refractivity contribution in [3.63, 3.8) is 0 Å². The second-order valence-electron chi connectivity index (χ2n) is 8.46. The molecule has 1 saturated heterocycles. The van der Waals surface area contributed by atoms with Crippen LogP contribution in [0.3, 0.4) is 0 Å². The molecule has 4 nitrogen and oxygen atoms in total. The molecule has 160 valence electrons. The fraction of sp³-hybridized carbons (Fsp3) is 0.214. The van der Waals surface area contributed by atoms with E-state index < -0.39 is 0 Å². The van der Waals surface area contributed by atoms with Gasteiger partial charge in [-0.25, -0.2) is 4.98 Å². The smallest absolute Gasteiger partial charge is 0.254 e. The van der Waals surface area contributed by atoms with Gasteiger partial charge in [0.05, 0.1) is 5.52 Å². The van der Waals surface area contributed by atoms with Crippen LogP contribution in [0, 0.1) is 0 Å². The van der Waals surface area contributed by atoms with Crippen molar-refractivity contribution >= 4 is 22.6 Å². The maximum atomic E-state index is 13.3. The summed E-state index contributed by atoms with van der Waals surface area (Å²) in [4.78, 5) is 20.2. The molecule has 2 unspecified atom stereocenters. The topological polar surface area (TPSA) is 45.2 Å². The third-order valence-corrected chi connectivity index (χ3v) is 6.26. The van der Waals surface area contributed by atoms with Gasteiger partial charge in [-0.2, -0.15) is 0 Å². The summed E-state index contributed by atoms with van der Waals surface area (Å²) in [5.41, 5.74) is 3.01. The summed E-state index contributed by atoms with van der Waals surface area (Å²) >= 11 is 0. The van der Waals surface area contributed by atoms with Gasteiger partial charge in [-0.15, -0.1) is 0 Å². The summed E-state index contributed by atoms with van der Waals surface area (Å²) < 4.78 is 0. The Bertz CT molecular complexity index is 1190. The van der Waals surface area contributed by atoms with E-state index in [0.717, 1.165) is 48.1 Å². The molecule has 4 heteroatoms. The molecule has 1 aromatic heterocycles. The number of nitrogens with zero attached hydrogens (tertiary/aromatic N) is 2. The van der Waals surface area contributed by atoms with Gasteiger partial charge in [0.15, 0.2) is 0 Å². The Labute approximate surface area is 188 Å². The molecule has 2 atom stereocenters. The number of nitrogens with one attached hydrogen (secondary N) is 1. The first kappa shape index (κ1) is 20.3. The van der Waals surface area contributed by atoms with E-state index in [-0.39, 0.29) is 18.0 Å². The lowest BCUT2D eigenvalue weighted by atomic mass is 9.91. The number of anilines is 1. The summed E-state index contributed by atoms with van der Waals surface area (Å²) in [6.07, 6.45) is 2.64. The van der Waals surface area contributed by atoms with Crippen molar-refractivity contribution in [2.45, 2.75) is 31.3 Å². The molecule has 1 N–H and O–H groups in total. The monoisotopic (exact) mass is 421 g/mol. The number of carbonyl (C=O) groups is 1. The highest BCUT2D eigenvalue weighted by Crippen LogP contribution is 2.26. The molecule has 0 saturated carbocycles. The molecule has 1 fully saturated rings. The first-order valence-corrected chi connectivity index (χ1v) is 11.3. The maximum absolute atomic E-state index is 13.3. The van der Waals surface area contributed by atoms with E-state index in [2.05, 4.69) is 52.7 Å². The van der Waals surface area contributed by atoms with Crippen LogP contribution in [-0.2, 0) is 6.42 Å². The van der Waals surface area contributed by atoms with Crippen molar-refractivity contribution in [1.29, 1.82) is 0 Å². The van der Waals surface area contributed by atoms with Crippen LogP contribution in [0.5, 0.6) is 0 Å². The quantitative estimate of drug-likeness (QED) is 0.459. The van der Waals surface area contributed by atoms with Gasteiger partial charge in [0.2, 0.25) is 0 Å². The number of fused-ring (bicyclic) bond motifs is 1.